The number of hydrogen-bond acceptors (Lipinski definition) is 6. The van der Waals surface area contributed by atoms with Crippen LogP contribution in [0.2, 0.25) is 0 Å². The Morgan fingerprint density at radius 1 is 1.04 bits per heavy atom. The number of carbonyl (C=O) groups excluding carboxylic acids is 4. The SMILES string of the molecule is CCOc1ccc(N2C(=O)c3ccc(C(=O)OC(C)C(N)=O)cc3C2=O)cc1. The van der Waals surface area contributed by atoms with Crippen molar-refractivity contribution in [3.05, 3.63) is 59.2 Å². The normalized spacial score (nSPS) is 13.9. The molecule has 3 rings (SSSR count). The minimum Gasteiger partial charge on any atom is -0.494 e. The second-order valence-electron chi connectivity index (χ2n) is 6.08. The number of anilines is 1. The van der Waals surface area contributed by atoms with Gasteiger partial charge in [0, 0.05) is 0 Å². The topological polar surface area (TPSA) is 116 Å². The van der Waals surface area contributed by atoms with Crippen LogP contribution in [0.5, 0.6) is 5.75 Å². The van der Waals surface area contributed by atoms with Gasteiger partial charge in [-0.05, 0) is 56.3 Å². The highest BCUT2D eigenvalue weighted by Gasteiger charge is 2.37. The number of esters is 1. The van der Waals surface area contributed by atoms with Crippen LogP contribution in [-0.4, -0.2) is 36.4 Å². The molecule has 1 unspecified atom stereocenters. The first kappa shape index (κ1) is 19.1. The van der Waals surface area contributed by atoms with E-state index in [1.807, 2.05) is 6.92 Å². The lowest BCUT2D eigenvalue weighted by atomic mass is 10.1. The third kappa shape index (κ3) is 3.44. The molecule has 0 aromatic heterocycles. The third-order valence-electron chi connectivity index (χ3n) is 4.21. The molecule has 3 amide bonds. The standard InChI is InChI=1S/C20H18N2O6/c1-3-27-14-7-5-13(6-8-14)22-18(24)15-9-4-12(10-16(15)19(22)25)20(26)28-11(2)17(21)23/h4-11H,3H2,1-2H3,(H2,21,23). The summed E-state index contributed by atoms with van der Waals surface area (Å²) in [6.45, 7) is 3.69. The lowest BCUT2D eigenvalue weighted by molar-refractivity contribution is -0.125. The maximum atomic E-state index is 12.8. The molecule has 0 aliphatic carbocycles. The van der Waals surface area contributed by atoms with Crippen LogP contribution < -0.4 is 15.4 Å². The molecule has 1 atom stereocenters. The summed E-state index contributed by atoms with van der Waals surface area (Å²) in [5.74, 6) is -2.02. The van der Waals surface area contributed by atoms with Gasteiger partial charge in [-0.25, -0.2) is 9.69 Å². The quantitative estimate of drug-likeness (QED) is 0.603. The first-order valence-corrected chi connectivity index (χ1v) is 8.59. The molecule has 0 saturated carbocycles. The van der Waals surface area contributed by atoms with Gasteiger partial charge >= 0.3 is 5.97 Å². The van der Waals surface area contributed by atoms with E-state index in [-0.39, 0.29) is 16.7 Å². The van der Waals surface area contributed by atoms with Crippen LogP contribution in [0.1, 0.15) is 44.9 Å². The molecule has 144 valence electrons. The van der Waals surface area contributed by atoms with Crippen molar-refractivity contribution in [2.75, 3.05) is 11.5 Å². The van der Waals surface area contributed by atoms with Gasteiger partial charge in [-0.1, -0.05) is 0 Å². The summed E-state index contributed by atoms with van der Waals surface area (Å²) < 4.78 is 10.3. The number of benzene rings is 2. The molecule has 8 heteroatoms. The number of imide groups is 1. The lowest BCUT2D eigenvalue weighted by Gasteiger charge is -2.14. The van der Waals surface area contributed by atoms with E-state index in [0.29, 0.717) is 18.0 Å². The number of carbonyl (C=O) groups is 4. The van der Waals surface area contributed by atoms with Crippen molar-refractivity contribution in [2.45, 2.75) is 20.0 Å². The van der Waals surface area contributed by atoms with Crippen LogP contribution in [0.3, 0.4) is 0 Å². The Kier molecular flexibility index (Phi) is 5.12. The van der Waals surface area contributed by atoms with E-state index in [0.717, 1.165) is 4.90 Å². The zero-order valence-corrected chi connectivity index (χ0v) is 15.3. The van der Waals surface area contributed by atoms with Crippen molar-refractivity contribution in [3.63, 3.8) is 0 Å². The Morgan fingerprint density at radius 3 is 2.29 bits per heavy atom. The smallest absolute Gasteiger partial charge is 0.338 e. The fourth-order valence-electron chi connectivity index (χ4n) is 2.75. The van der Waals surface area contributed by atoms with E-state index < -0.39 is 29.8 Å². The highest BCUT2D eigenvalue weighted by molar-refractivity contribution is 6.34. The van der Waals surface area contributed by atoms with E-state index >= 15 is 0 Å². The summed E-state index contributed by atoms with van der Waals surface area (Å²) in [5, 5.41) is 0. The molecule has 1 aliphatic rings. The highest BCUT2D eigenvalue weighted by Crippen LogP contribution is 2.30. The van der Waals surface area contributed by atoms with Crippen LogP contribution in [-0.2, 0) is 9.53 Å². The lowest BCUT2D eigenvalue weighted by Crippen LogP contribution is -2.30. The van der Waals surface area contributed by atoms with Crippen molar-refractivity contribution in [1.29, 1.82) is 0 Å². The first-order valence-electron chi connectivity index (χ1n) is 8.59. The Morgan fingerprint density at radius 2 is 1.68 bits per heavy atom. The van der Waals surface area contributed by atoms with E-state index in [4.69, 9.17) is 15.2 Å². The Bertz CT molecular complexity index is 967. The first-order chi connectivity index (χ1) is 13.3. The van der Waals surface area contributed by atoms with Gasteiger partial charge in [0.1, 0.15) is 5.75 Å². The van der Waals surface area contributed by atoms with Crippen LogP contribution in [0.25, 0.3) is 0 Å². The molecule has 0 saturated heterocycles. The highest BCUT2D eigenvalue weighted by atomic mass is 16.5. The van der Waals surface area contributed by atoms with Gasteiger partial charge in [0.05, 0.1) is 29.0 Å². The van der Waals surface area contributed by atoms with E-state index in [9.17, 15) is 19.2 Å². The predicted molar refractivity (Wildman–Crippen MR) is 99.3 cm³/mol. The fourth-order valence-corrected chi connectivity index (χ4v) is 2.75. The van der Waals surface area contributed by atoms with Crippen molar-refractivity contribution in [2.24, 2.45) is 5.73 Å². The van der Waals surface area contributed by atoms with Crippen LogP contribution >= 0.6 is 0 Å². The second-order valence-corrected chi connectivity index (χ2v) is 6.08. The molecule has 0 spiro atoms. The minimum atomic E-state index is -1.11. The number of nitrogens with two attached hydrogens (primary N) is 1. The molecule has 1 heterocycles. The number of ether oxygens (including phenoxy) is 2. The van der Waals surface area contributed by atoms with E-state index in [1.165, 1.54) is 25.1 Å². The molecule has 2 aromatic carbocycles. The molecule has 0 bridgehead atoms. The molecule has 1 aliphatic heterocycles. The summed E-state index contributed by atoms with van der Waals surface area (Å²) in [4.78, 5) is 49.7. The Hall–Kier alpha value is -3.68. The average Bonchev–Trinajstić information content (AvgIpc) is 2.93. The van der Waals surface area contributed by atoms with E-state index in [1.54, 1.807) is 24.3 Å². The number of nitrogens with zero attached hydrogens (tertiary/aromatic N) is 1. The second kappa shape index (κ2) is 7.51. The zero-order chi connectivity index (χ0) is 20.4. The maximum Gasteiger partial charge on any atom is 0.338 e. The van der Waals surface area contributed by atoms with Crippen LogP contribution in [0.4, 0.5) is 5.69 Å². The summed E-state index contributed by atoms with van der Waals surface area (Å²) in [6, 6.07) is 10.6. The van der Waals surface area contributed by atoms with Gasteiger partial charge in [-0.15, -0.1) is 0 Å². The predicted octanol–water partition coefficient (Wildman–Crippen LogP) is 1.92. The van der Waals surface area contributed by atoms with Gasteiger partial charge < -0.3 is 15.2 Å². The molecule has 0 radical (unpaired) electrons. The molecule has 2 aromatic rings. The van der Waals surface area contributed by atoms with Gasteiger partial charge in [0.15, 0.2) is 6.10 Å². The van der Waals surface area contributed by atoms with Gasteiger partial charge in [0.25, 0.3) is 17.7 Å². The van der Waals surface area contributed by atoms with Crippen molar-refractivity contribution >= 4 is 29.4 Å². The minimum absolute atomic E-state index is 0.0431. The summed E-state index contributed by atoms with van der Waals surface area (Å²) >= 11 is 0. The molecule has 8 nitrogen and oxygen atoms in total. The maximum absolute atomic E-state index is 12.8. The van der Waals surface area contributed by atoms with Gasteiger partial charge in [-0.2, -0.15) is 0 Å². The van der Waals surface area contributed by atoms with Crippen LogP contribution in [0.15, 0.2) is 42.5 Å². The molecule has 2 N–H and O–H groups in total. The largest absolute Gasteiger partial charge is 0.494 e. The van der Waals surface area contributed by atoms with Crippen molar-refractivity contribution in [3.8, 4) is 5.75 Å². The van der Waals surface area contributed by atoms with Crippen molar-refractivity contribution in [1.82, 2.24) is 0 Å². The van der Waals surface area contributed by atoms with E-state index in [2.05, 4.69) is 0 Å². The number of primary amides is 1. The van der Waals surface area contributed by atoms with Crippen LogP contribution in [0, 0.1) is 0 Å². The monoisotopic (exact) mass is 382 g/mol. The summed E-state index contributed by atoms with van der Waals surface area (Å²) in [5.41, 5.74) is 5.77. The Labute approximate surface area is 160 Å². The molecule has 28 heavy (non-hydrogen) atoms. The fraction of sp³-hybridized carbons (Fsp3) is 0.200. The molecular formula is C20H18N2O6. The average molecular weight is 382 g/mol. The summed E-state index contributed by atoms with van der Waals surface area (Å²) in [6.07, 6.45) is -1.11. The van der Waals surface area contributed by atoms with Gasteiger partial charge in [-0.3, -0.25) is 14.4 Å². The summed E-state index contributed by atoms with van der Waals surface area (Å²) in [7, 11) is 0. The third-order valence-corrected chi connectivity index (χ3v) is 4.21. The molecule has 0 fully saturated rings. The Balaban J connectivity index is 1.87. The number of amides is 3. The number of fused-ring (bicyclic) bond motifs is 1. The zero-order valence-electron chi connectivity index (χ0n) is 15.3. The number of rotatable bonds is 6. The van der Waals surface area contributed by atoms with Gasteiger partial charge in [0.2, 0.25) is 0 Å². The van der Waals surface area contributed by atoms with Crippen molar-refractivity contribution < 1.29 is 28.7 Å². The number of hydrogen-bond donors (Lipinski definition) is 1. The molecular weight excluding hydrogens is 364 g/mol.